The summed E-state index contributed by atoms with van der Waals surface area (Å²) in [6, 6.07) is 7.73. The van der Waals surface area contributed by atoms with Gasteiger partial charge >= 0.3 is 5.97 Å². The molecular weight excluding hydrogens is 426 g/mol. The predicted molar refractivity (Wildman–Crippen MR) is 115 cm³/mol. The van der Waals surface area contributed by atoms with E-state index in [0.717, 1.165) is 29.5 Å². The van der Waals surface area contributed by atoms with Crippen LogP contribution in [0.2, 0.25) is 5.02 Å². The molecule has 0 amide bonds. The van der Waals surface area contributed by atoms with Crippen molar-refractivity contribution in [3.05, 3.63) is 63.2 Å². The Hall–Kier alpha value is -2.22. The molecule has 1 fully saturated rings. The highest BCUT2D eigenvalue weighted by Crippen LogP contribution is 2.26. The first-order valence-electron chi connectivity index (χ1n) is 9.69. The Balaban J connectivity index is 1.78. The molecule has 0 saturated carbocycles. The Morgan fingerprint density at radius 3 is 2.23 bits per heavy atom. The van der Waals surface area contributed by atoms with Crippen LogP contribution in [0.3, 0.4) is 0 Å². The van der Waals surface area contributed by atoms with Gasteiger partial charge < -0.3 is 4.74 Å². The van der Waals surface area contributed by atoms with Crippen LogP contribution in [0.1, 0.15) is 50.2 Å². The van der Waals surface area contributed by atoms with E-state index in [0.29, 0.717) is 18.7 Å². The fraction of sp³-hybridized carbons (Fsp3) is 0.364. The van der Waals surface area contributed by atoms with Gasteiger partial charge in [0.05, 0.1) is 15.5 Å². The summed E-state index contributed by atoms with van der Waals surface area (Å²) in [5.41, 5.74) is 3.10. The van der Waals surface area contributed by atoms with Gasteiger partial charge in [-0.3, -0.25) is 4.79 Å². The van der Waals surface area contributed by atoms with Crippen LogP contribution >= 0.6 is 11.6 Å². The standard InChI is InChI=1S/C22H24ClNO5S/c1-14-10-15(2)21(16(3)11-14)20(25)13-29-22(26)18-12-17(6-7-19(18)23)30(27,28)24-8-4-5-9-24/h6-7,10-12H,4-5,8-9,13H2,1-3H3. The number of benzene rings is 2. The normalized spacial score (nSPS) is 14.7. The quantitative estimate of drug-likeness (QED) is 0.490. The van der Waals surface area contributed by atoms with Crippen molar-refractivity contribution in [2.45, 2.75) is 38.5 Å². The maximum atomic E-state index is 12.8. The van der Waals surface area contributed by atoms with Crippen molar-refractivity contribution in [2.24, 2.45) is 0 Å². The van der Waals surface area contributed by atoms with E-state index in [4.69, 9.17) is 16.3 Å². The Morgan fingerprint density at radius 1 is 1.03 bits per heavy atom. The molecular formula is C22H24ClNO5S. The first-order chi connectivity index (χ1) is 14.1. The summed E-state index contributed by atoms with van der Waals surface area (Å²) in [5, 5.41) is 0.0653. The molecule has 1 heterocycles. The molecule has 30 heavy (non-hydrogen) atoms. The van der Waals surface area contributed by atoms with E-state index >= 15 is 0 Å². The fourth-order valence-corrected chi connectivity index (χ4v) is 5.54. The SMILES string of the molecule is Cc1cc(C)c(C(=O)COC(=O)c2cc(S(=O)(=O)N3CCCC3)ccc2Cl)c(C)c1. The third-order valence-electron chi connectivity index (χ3n) is 5.15. The molecule has 0 bridgehead atoms. The van der Waals surface area contributed by atoms with E-state index in [9.17, 15) is 18.0 Å². The fourth-order valence-electron chi connectivity index (χ4n) is 3.80. The van der Waals surface area contributed by atoms with Gasteiger partial charge in [0.25, 0.3) is 0 Å². The number of ether oxygens (including phenoxy) is 1. The van der Waals surface area contributed by atoms with Crippen LogP contribution in [0.4, 0.5) is 0 Å². The molecule has 160 valence electrons. The van der Waals surface area contributed by atoms with Crippen LogP contribution in [0, 0.1) is 20.8 Å². The van der Waals surface area contributed by atoms with Crippen molar-refractivity contribution < 1.29 is 22.7 Å². The second-order valence-corrected chi connectivity index (χ2v) is 9.87. The molecule has 6 nitrogen and oxygen atoms in total. The molecule has 0 N–H and O–H groups in total. The Bertz CT molecular complexity index is 1080. The molecule has 0 atom stereocenters. The molecule has 0 aromatic heterocycles. The first-order valence-corrected chi connectivity index (χ1v) is 11.5. The summed E-state index contributed by atoms with van der Waals surface area (Å²) < 4.78 is 32.1. The molecule has 0 aliphatic carbocycles. The van der Waals surface area contributed by atoms with Gasteiger partial charge in [-0.25, -0.2) is 13.2 Å². The minimum atomic E-state index is -3.70. The number of hydrogen-bond acceptors (Lipinski definition) is 5. The monoisotopic (exact) mass is 449 g/mol. The number of carbonyl (C=O) groups is 2. The van der Waals surface area contributed by atoms with E-state index in [2.05, 4.69) is 0 Å². The highest BCUT2D eigenvalue weighted by Gasteiger charge is 2.28. The smallest absolute Gasteiger partial charge is 0.340 e. The lowest BCUT2D eigenvalue weighted by atomic mass is 9.97. The second kappa shape index (κ2) is 8.88. The number of esters is 1. The first kappa shape index (κ1) is 22.5. The maximum Gasteiger partial charge on any atom is 0.340 e. The van der Waals surface area contributed by atoms with Crippen molar-refractivity contribution in [3.63, 3.8) is 0 Å². The van der Waals surface area contributed by atoms with Crippen LogP contribution < -0.4 is 0 Å². The van der Waals surface area contributed by atoms with Gasteiger partial charge in [0.1, 0.15) is 0 Å². The summed E-state index contributed by atoms with van der Waals surface area (Å²) in [6.45, 7) is 6.06. The lowest BCUT2D eigenvalue weighted by Crippen LogP contribution is -2.28. The van der Waals surface area contributed by atoms with Gasteiger partial charge in [0.2, 0.25) is 15.8 Å². The minimum Gasteiger partial charge on any atom is -0.454 e. The lowest BCUT2D eigenvalue weighted by Gasteiger charge is -2.16. The van der Waals surface area contributed by atoms with Gasteiger partial charge in [0.15, 0.2) is 6.61 Å². The summed E-state index contributed by atoms with van der Waals surface area (Å²) in [7, 11) is -3.70. The molecule has 3 rings (SSSR count). The number of halogens is 1. The number of rotatable bonds is 6. The summed E-state index contributed by atoms with van der Waals surface area (Å²) in [4.78, 5) is 25.1. The number of sulfonamides is 1. The topological polar surface area (TPSA) is 80.8 Å². The molecule has 0 spiro atoms. The van der Waals surface area contributed by atoms with Crippen molar-refractivity contribution in [3.8, 4) is 0 Å². The van der Waals surface area contributed by atoms with Crippen LogP contribution in [-0.2, 0) is 14.8 Å². The lowest BCUT2D eigenvalue weighted by molar-refractivity contribution is 0.0474. The van der Waals surface area contributed by atoms with Crippen LogP contribution in [-0.4, -0.2) is 44.2 Å². The minimum absolute atomic E-state index is 0.0164. The highest BCUT2D eigenvalue weighted by molar-refractivity contribution is 7.89. The Morgan fingerprint density at radius 2 is 1.63 bits per heavy atom. The Labute approximate surface area is 181 Å². The summed E-state index contributed by atoms with van der Waals surface area (Å²) in [6.07, 6.45) is 1.61. The zero-order valence-corrected chi connectivity index (χ0v) is 18.8. The number of aryl methyl sites for hydroxylation is 3. The van der Waals surface area contributed by atoms with Crippen molar-refractivity contribution in [2.75, 3.05) is 19.7 Å². The summed E-state index contributed by atoms with van der Waals surface area (Å²) >= 11 is 6.11. The average Bonchev–Trinajstić information content (AvgIpc) is 3.21. The zero-order chi connectivity index (χ0) is 22.1. The van der Waals surface area contributed by atoms with Crippen molar-refractivity contribution in [1.29, 1.82) is 0 Å². The third-order valence-corrected chi connectivity index (χ3v) is 7.37. The zero-order valence-electron chi connectivity index (χ0n) is 17.2. The predicted octanol–water partition coefficient (Wildman–Crippen LogP) is 4.09. The van der Waals surface area contributed by atoms with E-state index in [1.165, 1.54) is 22.5 Å². The Kier molecular flexibility index (Phi) is 6.65. The van der Waals surface area contributed by atoms with Gasteiger partial charge in [-0.1, -0.05) is 29.3 Å². The van der Waals surface area contributed by atoms with E-state index in [1.807, 2.05) is 32.9 Å². The van der Waals surface area contributed by atoms with Crippen LogP contribution in [0.5, 0.6) is 0 Å². The highest BCUT2D eigenvalue weighted by atomic mass is 35.5. The molecule has 1 aliphatic heterocycles. The third kappa shape index (κ3) is 4.58. The van der Waals surface area contributed by atoms with Gasteiger partial charge in [-0.2, -0.15) is 4.31 Å². The molecule has 0 radical (unpaired) electrons. The van der Waals surface area contributed by atoms with Crippen molar-refractivity contribution in [1.82, 2.24) is 4.31 Å². The largest absolute Gasteiger partial charge is 0.454 e. The van der Waals surface area contributed by atoms with Gasteiger partial charge in [-0.05, 0) is 62.9 Å². The maximum absolute atomic E-state index is 12.8. The number of ketones is 1. The van der Waals surface area contributed by atoms with Gasteiger partial charge in [0, 0.05) is 18.7 Å². The molecule has 2 aromatic carbocycles. The van der Waals surface area contributed by atoms with E-state index in [1.54, 1.807) is 0 Å². The number of nitrogens with zero attached hydrogens (tertiary/aromatic N) is 1. The molecule has 8 heteroatoms. The molecule has 1 aliphatic rings. The molecule has 0 unspecified atom stereocenters. The van der Waals surface area contributed by atoms with Crippen molar-refractivity contribution >= 4 is 33.4 Å². The molecule has 1 saturated heterocycles. The average molecular weight is 450 g/mol. The number of Topliss-reactive ketones (excluding diaryl/α,β-unsaturated/α-hetero) is 1. The second-order valence-electron chi connectivity index (χ2n) is 7.53. The van der Waals surface area contributed by atoms with Crippen LogP contribution in [0.15, 0.2) is 35.2 Å². The van der Waals surface area contributed by atoms with Gasteiger partial charge in [-0.15, -0.1) is 0 Å². The number of carbonyl (C=O) groups excluding carboxylic acids is 2. The number of hydrogen-bond donors (Lipinski definition) is 0. The van der Waals surface area contributed by atoms with E-state index < -0.39 is 22.6 Å². The van der Waals surface area contributed by atoms with Crippen LogP contribution in [0.25, 0.3) is 0 Å². The molecule has 2 aromatic rings. The summed E-state index contributed by atoms with van der Waals surface area (Å²) in [5.74, 6) is -1.16. The van der Waals surface area contributed by atoms with E-state index in [-0.39, 0.29) is 21.3 Å².